The highest BCUT2D eigenvalue weighted by Crippen LogP contribution is 2.15. The average Bonchev–Trinajstić information content (AvgIpc) is 1.88. The fourth-order valence-electron chi connectivity index (χ4n) is 0.595. The highest BCUT2D eigenvalue weighted by Gasteiger charge is 1.98. The third-order valence-corrected chi connectivity index (χ3v) is 1.56. The summed E-state index contributed by atoms with van der Waals surface area (Å²) in [6.07, 6.45) is 1.52. The summed E-state index contributed by atoms with van der Waals surface area (Å²) in [6.45, 7) is 0. The molecule has 2 N–H and O–H groups in total. The number of hydrogen-bond acceptors (Lipinski definition) is 2. The van der Waals surface area contributed by atoms with Crippen molar-refractivity contribution in [3.8, 4) is 0 Å². The van der Waals surface area contributed by atoms with Crippen molar-refractivity contribution in [3.63, 3.8) is 0 Å². The molecule has 54 valence electrons. The molecule has 1 heterocycles. The van der Waals surface area contributed by atoms with Crippen molar-refractivity contribution < 1.29 is 0 Å². The zero-order chi connectivity index (χ0) is 7.56. The standard InChI is InChI=1S/C6H6Cl2N2/c7-2-6-5(9)1-4(8)3-10-6/h1,3H,2,9H2. The molecule has 1 aromatic rings. The van der Waals surface area contributed by atoms with Gasteiger partial charge in [-0.1, -0.05) is 11.6 Å². The molecule has 0 radical (unpaired) electrons. The molecule has 0 saturated heterocycles. The third-order valence-electron chi connectivity index (χ3n) is 1.10. The lowest BCUT2D eigenvalue weighted by atomic mass is 10.3. The van der Waals surface area contributed by atoms with E-state index in [0.717, 1.165) is 0 Å². The van der Waals surface area contributed by atoms with Crippen molar-refractivity contribution in [3.05, 3.63) is 23.0 Å². The van der Waals surface area contributed by atoms with Gasteiger partial charge in [0.25, 0.3) is 0 Å². The van der Waals surface area contributed by atoms with Crippen LogP contribution in [0.25, 0.3) is 0 Å². The van der Waals surface area contributed by atoms with E-state index < -0.39 is 0 Å². The van der Waals surface area contributed by atoms with Crippen molar-refractivity contribution in [1.29, 1.82) is 0 Å². The van der Waals surface area contributed by atoms with Crippen LogP contribution < -0.4 is 5.73 Å². The molecule has 0 aromatic carbocycles. The van der Waals surface area contributed by atoms with Gasteiger partial charge in [0.1, 0.15) is 0 Å². The number of rotatable bonds is 1. The number of aromatic nitrogens is 1. The Bertz CT molecular complexity index is 237. The van der Waals surface area contributed by atoms with Crippen LogP contribution in [0.3, 0.4) is 0 Å². The molecule has 0 atom stereocenters. The van der Waals surface area contributed by atoms with E-state index in [4.69, 9.17) is 28.9 Å². The Hall–Kier alpha value is -0.470. The van der Waals surface area contributed by atoms with Crippen LogP contribution in [-0.2, 0) is 5.88 Å². The monoisotopic (exact) mass is 176 g/mol. The smallest absolute Gasteiger partial charge is 0.0781 e. The zero-order valence-electron chi connectivity index (χ0n) is 5.14. The second-order valence-corrected chi connectivity index (χ2v) is 2.53. The summed E-state index contributed by atoms with van der Waals surface area (Å²) in [5, 5.41) is 0.534. The summed E-state index contributed by atoms with van der Waals surface area (Å²) in [5.41, 5.74) is 6.72. The molecule has 4 heteroatoms. The van der Waals surface area contributed by atoms with Crippen LogP contribution >= 0.6 is 23.2 Å². The normalized spacial score (nSPS) is 9.80. The molecule has 0 fully saturated rings. The van der Waals surface area contributed by atoms with Gasteiger partial charge in [-0.25, -0.2) is 0 Å². The number of nitrogens with zero attached hydrogens (tertiary/aromatic N) is 1. The fourth-order valence-corrected chi connectivity index (χ4v) is 0.985. The van der Waals surface area contributed by atoms with Crippen LogP contribution in [0.4, 0.5) is 5.69 Å². The van der Waals surface area contributed by atoms with E-state index in [1.807, 2.05) is 0 Å². The van der Waals surface area contributed by atoms with Gasteiger partial charge < -0.3 is 5.73 Å². The summed E-state index contributed by atoms with van der Waals surface area (Å²) >= 11 is 11.1. The maximum Gasteiger partial charge on any atom is 0.0781 e. The van der Waals surface area contributed by atoms with Gasteiger partial charge in [-0.2, -0.15) is 0 Å². The van der Waals surface area contributed by atoms with Crippen molar-refractivity contribution in [2.24, 2.45) is 0 Å². The van der Waals surface area contributed by atoms with Crippen LogP contribution in [-0.4, -0.2) is 4.98 Å². The van der Waals surface area contributed by atoms with Gasteiger partial charge in [0.2, 0.25) is 0 Å². The first-order valence-corrected chi connectivity index (χ1v) is 3.61. The van der Waals surface area contributed by atoms with Gasteiger partial charge in [0, 0.05) is 6.20 Å². The first-order valence-electron chi connectivity index (χ1n) is 2.70. The maximum atomic E-state index is 5.59. The second-order valence-electron chi connectivity index (χ2n) is 1.82. The highest BCUT2D eigenvalue weighted by atomic mass is 35.5. The minimum absolute atomic E-state index is 0.322. The van der Waals surface area contributed by atoms with Crippen LogP contribution in [0.5, 0.6) is 0 Å². The maximum absolute atomic E-state index is 5.59. The number of hydrogen-bond donors (Lipinski definition) is 1. The van der Waals surface area contributed by atoms with E-state index in [1.54, 1.807) is 6.07 Å². The van der Waals surface area contributed by atoms with Gasteiger partial charge >= 0.3 is 0 Å². The van der Waals surface area contributed by atoms with Gasteiger partial charge in [0.15, 0.2) is 0 Å². The second kappa shape index (κ2) is 3.08. The van der Waals surface area contributed by atoms with Gasteiger partial charge in [-0.3, -0.25) is 4.98 Å². The number of nitrogen functional groups attached to an aromatic ring is 1. The van der Waals surface area contributed by atoms with Crippen molar-refractivity contribution in [1.82, 2.24) is 4.98 Å². The molecule has 0 bridgehead atoms. The Morgan fingerprint density at radius 2 is 2.30 bits per heavy atom. The fraction of sp³-hybridized carbons (Fsp3) is 0.167. The molecular formula is C6H6Cl2N2. The minimum Gasteiger partial charge on any atom is -0.397 e. The topological polar surface area (TPSA) is 38.9 Å². The third kappa shape index (κ3) is 1.52. The molecule has 10 heavy (non-hydrogen) atoms. The van der Waals surface area contributed by atoms with E-state index in [2.05, 4.69) is 4.98 Å². The van der Waals surface area contributed by atoms with Crippen LogP contribution in [0.2, 0.25) is 5.02 Å². The van der Waals surface area contributed by atoms with Crippen LogP contribution in [0.1, 0.15) is 5.69 Å². The van der Waals surface area contributed by atoms with Gasteiger partial charge in [0.05, 0.1) is 22.3 Å². The van der Waals surface area contributed by atoms with E-state index in [9.17, 15) is 0 Å². The summed E-state index contributed by atoms with van der Waals surface area (Å²) in [4.78, 5) is 3.91. The molecule has 0 aliphatic heterocycles. The Morgan fingerprint density at radius 3 is 2.80 bits per heavy atom. The Balaban J connectivity index is 3.07. The number of anilines is 1. The summed E-state index contributed by atoms with van der Waals surface area (Å²) in [7, 11) is 0. The molecule has 0 amide bonds. The van der Waals surface area contributed by atoms with Crippen molar-refractivity contribution in [2.45, 2.75) is 5.88 Å². The molecule has 0 aliphatic rings. The van der Waals surface area contributed by atoms with Crippen LogP contribution in [0, 0.1) is 0 Å². The largest absolute Gasteiger partial charge is 0.397 e. The minimum atomic E-state index is 0.322. The van der Waals surface area contributed by atoms with E-state index in [-0.39, 0.29) is 0 Å². The molecule has 1 rings (SSSR count). The lowest BCUT2D eigenvalue weighted by Gasteiger charge is -1.98. The molecule has 0 saturated carbocycles. The molecule has 0 aliphatic carbocycles. The molecule has 1 aromatic heterocycles. The first-order chi connectivity index (χ1) is 4.74. The molecular weight excluding hydrogens is 171 g/mol. The van der Waals surface area contributed by atoms with E-state index in [0.29, 0.717) is 22.3 Å². The number of halogens is 2. The Labute approximate surface area is 69.0 Å². The highest BCUT2D eigenvalue weighted by molar-refractivity contribution is 6.30. The summed E-state index contributed by atoms with van der Waals surface area (Å²) < 4.78 is 0. The average molecular weight is 177 g/mol. The molecule has 0 unspecified atom stereocenters. The Kier molecular flexibility index (Phi) is 2.35. The summed E-state index contributed by atoms with van der Waals surface area (Å²) in [6, 6.07) is 1.63. The lowest BCUT2D eigenvalue weighted by Crippen LogP contribution is -1.94. The lowest BCUT2D eigenvalue weighted by molar-refractivity contribution is 1.18. The summed E-state index contributed by atoms with van der Waals surface area (Å²) in [5.74, 6) is 0.322. The Morgan fingerprint density at radius 1 is 1.60 bits per heavy atom. The number of alkyl halides is 1. The van der Waals surface area contributed by atoms with E-state index in [1.165, 1.54) is 6.20 Å². The predicted molar refractivity (Wildman–Crippen MR) is 43.2 cm³/mol. The van der Waals surface area contributed by atoms with Gasteiger partial charge in [-0.15, -0.1) is 11.6 Å². The molecule has 2 nitrogen and oxygen atoms in total. The van der Waals surface area contributed by atoms with Crippen molar-refractivity contribution >= 4 is 28.9 Å². The zero-order valence-corrected chi connectivity index (χ0v) is 6.65. The van der Waals surface area contributed by atoms with Gasteiger partial charge in [-0.05, 0) is 6.07 Å². The van der Waals surface area contributed by atoms with Crippen molar-refractivity contribution in [2.75, 3.05) is 5.73 Å². The molecule has 0 spiro atoms. The quantitative estimate of drug-likeness (QED) is 0.666. The number of pyridine rings is 1. The predicted octanol–water partition coefficient (Wildman–Crippen LogP) is 2.06. The first kappa shape index (κ1) is 7.63. The van der Waals surface area contributed by atoms with Crippen LogP contribution in [0.15, 0.2) is 12.3 Å². The van der Waals surface area contributed by atoms with E-state index >= 15 is 0 Å². The number of nitrogens with two attached hydrogens (primary N) is 1. The SMILES string of the molecule is Nc1cc(Cl)cnc1CCl.